The molecule has 0 aromatic heterocycles. The van der Waals surface area contributed by atoms with Crippen molar-refractivity contribution in [3.8, 4) is 6.07 Å². The van der Waals surface area contributed by atoms with Crippen LogP contribution in [0.2, 0.25) is 0 Å². The van der Waals surface area contributed by atoms with Crippen LogP contribution < -0.4 is 0 Å². The fourth-order valence-electron chi connectivity index (χ4n) is 0.197. The first kappa shape index (κ1) is 7.82. The van der Waals surface area contributed by atoms with Gasteiger partial charge in [-0.2, -0.15) is 5.26 Å². The molecule has 0 fully saturated rings. The second-order valence-electron chi connectivity index (χ2n) is 1.04. The third-order valence-electron chi connectivity index (χ3n) is 0.457. The highest BCUT2D eigenvalue weighted by atomic mass is 14.2. The summed E-state index contributed by atoms with van der Waals surface area (Å²) in [4.78, 5) is 0. The summed E-state index contributed by atoms with van der Waals surface area (Å²) in [6.45, 7) is 3.24. The maximum atomic E-state index is 7.92. The number of nitrogens with zero attached hydrogens (tertiary/aromatic N) is 1. The Morgan fingerprint density at radius 2 is 1.80 bits per heavy atom. The molecular weight excluding hydrogens is 122 g/mol. The van der Waals surface area contributed by atoms with E-state index in [1.807, 2.05) is 0 Å². The molecule has 0 N–H and O–H groups in total. The lowest BCUT2D eigenvalue weighted by Crippen LogP contribution is -1.34. The van der Waals surface area contributed by atoms with Crippen LogP contribution in [0.25, 0.3) is 0 Å². The zero-order valence-corrected chi connectivity index (χ0v) is 5.15. The predicted octanol–water partition coefficient (Wildman–Crippen LogP) is 1.43. The Bertz CT molecular complexity index is 357. The van der Waals surface area contributed by atoms with E-state index in [4.69, 9.17) is 5.26 Å². The average molecular weight is 124 g/mol. The van der Waals surface area contributed by atoms with Gasteiger partial charge < -0.3 is 0 Å². The van der Waals surface area contributed by atoms with Crippen molar-refractivity contribution >= 4 is 0 Å². The van der Waals surface area contributed by atoms with Crippen LogP contribution in [0.4, 0.5) is 0 Å². The van der Waals surface area contributed by atoms with Gasteiger partial charge in [0, 0.05) is 5.73 Å². The van der Waals surface area contributed by atoms with Crippen molar-refractivity contribution in [3.63, 3.8) is 0 Å². The van der Waals surface area contributed by atoms with Crippen LogP contribution in [-0.2, 0) is 0 Å². The van der Waals surface area contributed by atoms with Gasteiger partial charge in [0.15, 0.2) is 0 Å². The Hall–Kier alpha value is -2.18. The van der Waals surface area contributed by atoms with Gasteiger partial charge in [-0.15, -0.1) is 0 Å². The van der Waals surface area contributed by atoms with E-state index in [-0.39, 0.29) is 0 Å². The van der Waals surface area contributed by atoms with Crippen LogP contribution in [0.15, 0.2) is 41.0 Å². The predicted molar refractivity (Wildman–Crippen MR) is 35.6 cm³/mol. The highest BCUT2D eigenvalue weighted by Crippen LogP contribution is 1.55. The third kappa shape index (κ3) is 5.82. The molecule has 0 aliphatic carbocycles. The van der Waals surface area contributed by atoms with E-state index in [2.05, 4.69) is 47.0 Å². The van der Waals surface area contributed by atoms with E-state index in [0.29, 0.717) is 0 Å². The molecule has 0 rings (SSSR count). The van der Waals surface area contributed by atoms with Gasteiger partial charge >= 0.3 is 0 Å². The van der Waals surface area contributed by atoms with Crippen LogP contribution in [0.1, 0.15) is 0 Å². The van der Waals surface area contributed by atoms with Gasteiger partial charge in [0.1, 0.15) is 5.73 Å². The average Bonchev–Trinajstić information content (AvgIpc) is 1.97. The van der Waals surface area contributed by atoms with Gasteiger partial charge in [0.05, 0.1) is 0 Å². The van der Waals surface area contributed by atoms with Gasteiger partial charge in [-0.3, -0.25) is 0 Å². The van der Waals surface area contributed by atoms with E-state index >= 15 is 0 Å². The fraction of sp³-hybridized carbons (Fsp3) is 0. The molecule has 0 unspecified atom stereocenters. The molecule has 0 aromatic carbocycles. The van der Waals surface area contributed by atoms with Crippen LogP contribution in [-0.4, -0.2) is 0 Å². The quantitative estimate of drug-likeness (QED) is 0.272. The minimum absolute atomic E-state index is 1.62. The van der Waals surface area contributed by atoms with Crippen molar-refractivity contribution in [2.75, 3.05) is 0 Å². The molecule has 0 heterocycles. The molecule has 0 amide bonds. The third-order valence-corrected chi connectivity index (χ3v) is 0.457. The molecule has 1 heteroatoms. The maximum absolute atomic E-state index is 7.92. The van der Waals surface area contributed by atoms with Gasteiger partial charge in [-0.1, -0.05) is 5.73 Å². The number of nitriles is 1. The minimum atomic E-state index is 1.62. The van der Waals surface area contributed by atoms with E-state index in [1.54, 1.807) is 6.07 Å². The molecule has 1 nitrogen and oxygen atoms in total. The normalized spacial score (nSPS) is 3.50. The molecule has 0 atom stereocenters. The smallest absolute Gasteiger partial charge is 0.157 e. The van der Waals surface area contributed by atoms with Gasteiger partial charge in [-0.05, 0) is 12.3 Å². The first-order valence-electron chi connectivity index (χ1n) is 2.33. The van der Waals surface area contributed by atoms with Crippen LogP contribution in [0, 0.1) is 17.4 Å². The number of allylic oxidation sites excluding steroid dienone is 1. The highest BCUT2D eigenvalue weighted by molar-refractivity contribution is 4.93. The second kappa shape index (κ2) is 6.82. The SMILES string of the molecule is C=C=C=C=C=C=C=[C+]C#N. The molecule has 0 aliphatic heterocycles. The van der Waals surface area contributed by atoms with E-state index in [9.17, 15) is 0 Å². The number of hydrogen-bond donors (Lipinski definition) is 0. The summed E-state index contributed by atoms with van der Waals surface area (Å²) in [5.41, 5.74) is 14.1. The Morgan fingerprint density at radius 1 is 1.10 bits per heavy atom. The van der Waals surface area contributed by atoms with Crippen molar-refractivity contribution < 1.29 is 0 Å². The van der Waals surface area contributed by atoms with Crippen LogP contribution >= 0.6 is 0 Å². The Morgan fingerprint density at radius 3 is 2.40 bits per heavy atom. The Balaban J connectivity index is 4.94. The maximum Gasteiger partial charge on any atom is 0.276 e. The zero-order valence-electron chi connectivity index (χ0n) is 5.15. The summed E-state index contributed by atoms with van der Waals surface area (Å²) in [5.74, 6) is 0. The Kier molecular flexibility index (Phi) is 5.33. The largest absolute Gasteiger partial charge is 0.276 e. The van der Waals surface area contributed by atoms with Crippen molar-refractivity contribution in [3.05, 3.63) is 47.0 Å². The molecule has 0 radical (unpaired) electrons. The van der Waals surface area contributed by atoms with E-state index in [1.165, 1.54) is 0 Å². The molecule has 0 saturated carbocycles. The summed E-state index contributed by atoms with van der Waals surface area (Å²) in [7, 11) is 0. The molecule has 0 saturated heterocycles. The molecular formula is C9H2N+. The Labute approximate surface area is 59.2 Å². The minimum Gasteiger partial charge on any atom is -0.157 e. The topological polar surface area (TPSA) is 23.8 Å². The second-order valence-corrected chi connectivity index (χ2v) is 1.04. The molecule has 42 valence electrons. The molecule has 0 aliphatic rings. The standard InChI is InChI=1S/C9H2N/c1-2-3-4-5-6-7-8-9-10/h1H2/q+1. The molecule has 0 aromatic rings. The molecule has 10 heavy (non-hydrogen) atoms. The summed E-state index contributed by atoms with van der Waals surface area (Å²) in [6.07, 6.45) is 2.10. The van der Waals surface area contributed by atoms with E-state index < -0.39 is 0 Å². The number of rotatable bonds is 0. The summed E-state index contributed by atoms with van der Waals surface area (Å²) in [5, 5.41) is 7.92. The highest BCUT2D eigenvalue weighted by Gasteiger charge is 1.66. The van der Waals surface area contributed by atoms with Gasteiger partial charge in [-0.25, -0.2) is 0 Å². The van der Waals surface area contributed by atoms with Crippen LogP contribution in [0.3, 0.4) is 0 Å². The first-order valence-corrected chi connectivity index (χ1v) is 2.33. The van der Waals surface area contributed by atoms with E-state index in [0.717, 1.165) is 0 Å². The summed E-state index contributed by atoms with van der Waals surface area (Å²) >= 11 is 0. The van der Waals surface area contributed by atoms with Crippen molar-refractivity contribution in [2.45, 2.75) is 0 Å². The zero-order chi connectivity index (χ0) is 7.66. The number of hydrogen-bond acceptors (Lipinski definition) is 1. The lowest BCUT2D eigenvalue weighted by molar-refractivity contribution is 1.52. The lowest BCUT2D eigenvalue weighted by Gasteiger charge is -1.29. The first-order chi connectivity index (χ1) is 4.91. The molecule has 0 spiro atoms. The summed E-state index contributed by atoms with van der Waals surface area (Å²) < 4.78 is 0. The van der Waals surface area contributed by atoms with Crippen molar-refractivity contribution in [1.29, 1.82) is 5.26 Å². The monoisotopic (exact) mass is 124 g/mol. The van der Waals surface area contributed by atoms with Gasteiger partial charge in [0.2, 0.25) is 11.5 Å². The summed E-state index contributed by atoms with van der Waals surface area (Å²) in [6, 6.07) is 1.62. The fourth-order valence-corrected chi connectivity index (χ4v) is 0.197. The van der Waals surface area contributed by atoms with Crippen molar-refractivity contribution in [1.82, 2.24) is 0 Å². The van der Waals surface area contributed by atoms with Crippen molar-refractivity contribution in [2.24, 2.45) is 0 Å². The lowest BCUT2D eigenvalue weighted by atomic mass is 10.6. The van der Waals surface area contributed by atoms with Crippen LogP contribution in [0.5, 0.6) is 0 Å². The van der Waals surface area contributed by atoms with Gasteiger partial charge in [0.25, 0.3) is 12.1 Å². The molecule has 0 bridgehead atoms.